The summed E-state index contributed by atoms with van der Waals surface area (Å²) in [5.41, 5.74) is 2.36. The maximum absolute atomic E-state index is 12.9. The van der Waals surface area contributed by atoms with Gasteiger partial charge in [0.1, 0.15) is 16.9 Å². The molecular formula is C20H20N6O2S. The van der Waals surface area contributed by atoms with Gasteiger partial charge in [-0.05, 0) is 24.3 Å². The van der Waals surface area contributed by atoms with Crippen LogP contribution in [-0.2, 0) is 18.4 Å². The monoisotopic (exact) mass is 408 g/mol. The zero-order valence-corrected chi connectivity index (χ0v) is 16.8. The Kier molecular flexibility index (Phi) is 4.31. The lowest BCUT2D eigenvalue weighted by Crippen LogP contribution is -2.50. The minimum absolute atomic E-state index is 0.0333. The van der Waals surface area contributed by atoms with Crippen molar-refractivity contribution in [2.45, 2.75) is 6.54 Å². The number of imidazole rings is 1. The zero-order valence-electron chi connectivity index (χ0n) is 16.0. The number of benzene rings is 1. The van der Waals surface area contributed by atoms with Gasteiger partial charge < -0.3 is 9.80 Å². The van der Waals surface area contributed by atoms with Crippen molar-refractivity contribution >= 4 is 43.8 Å². The quantitative estimate of drug-likeness (QED) is 0.516. The number of aromatic nitrogens is 4. The standard InChI is InChI=1S/C20H20N6O2S/c1-23-15-6-2-3-7-16(15)26(20(23)28)13-17(27)24-9-11-25(12-10-24)19-22-14-5-4-8-21-18(14)29-19/h2-8H,9-13H2,1H3. The molecule has 0 radical (unpaired) electrons. The molecule has 1 fully saturated rings. The van der Waals surface area contributed by atoms with E-state index in [1.165, 1.54) is 0 Å². The highest BCUT2D eigenvalue weighted by atomic mass is 32.1. The number of fused-ring (bicyclic) bond motifs is 2. The number of thiazole rings is 1. The average Bonchev–Trinajstić information content (AvgIpc) is 3.29. The van der Waals surface area contributed by atoms with Crippen LogP contribution in [0.3, 0.4) is 0 Å². The van der Waals surface area contributed by atoms with Gasteiger partial charge in [0.15, 0.2) is 5.13 Å². The number of carbonyl (C=O) groups is 1. The number of amides is 1. The highest BCUT2D eigenvalue weighted by Gasteiger charge is 2.24. The molecule has 0 aliphatic carbocycles. The molecule has 1 amide bonds. The van der Waals surface area contributed by atoms with Gasteiger partial charge in [-0.3, -0.25) is 13.9 Å². The molecular weight excluding hydrogens is 388 g/mol. The van der Waals surface area contributed by atoms with Crippen LogP contribution in [0.2, 0.25) is 0 Å². The second-order valence-electron chi connectivity index (χ2n) is 7.11. The number of para-hydroxylation sites is 2. The van der Waals surface area contributed by atoms with Gasteiger partial charge in [-0.1, -0.05) is 23.5 Å². The number of rotatable bonds is 3. The Morgan fingerprint density at radius 2 is 1.83 bits per heavy atom. The maximum atomic E-state index is 12.9. The van der Waals surface area contributed by atoms with E-state index in [4.69, 9.17) is 0 Å². The number of pyridine rings is 1. The van der Waals surface area contributed by atoms with E-state index in [9.17, 15) is 9.59 Å². The summed E-state index contributed by atoms with van der Waals surface area (Å²) in [6.45, 7) is 2.72. The Labute approximate surface area is 170 Å². The molecule has 8 nitrogen and oxygen atoms in total. The maximum Gasteiger partial charge on any atom is 0.329 e. The number of anilines is 1. The second-order valence-corrected chi connectivity index (χ2v) is 8.06. The Morgan fingerprint density at radius 3 is 2.59 bits per heavy atom. The van der Waals surface area contributed by atoms with Crippen molar-refractivity contribution in [1.82, 2.24) is 24.0 Å². The Balaban J connectivity index is 1.29. The molecule has 5 rings (SSSR count). The van der Waals surface area contributed by atoms with Crippen LogP contribution >= 0.6 is 11.3 Å². The van der Waals surface area contributed by atoms with Gasteiger partial charge in [-0.25, -0.2) is 14.8 Å². The summed E-state index contributed by atoms with van der Waals surface area (Å²) in [5, 5.41) is 0.941. The average molecular weight is 408 g/mol. The van der Waals surface area contributed by atoms with E-state index in [1.807, 2.05) is 41.3 Å². The lowest BCUT2D eigenvalue weighted by atomic mass is 10.3. The summed E-state index contributed by atoms with van der Waals surface area (Å²) in [6, 6.07) is 11.4. The van der Waals surface area contributed by atoms with Gasteiger partial charge in [0.2, 0.25) is 5.91 Å². The van der Waals surface area contributed by atoms with Gasteiger partial charge in [-0.2, -0.15) is 0 Å². The third kappa shape index (κ3) is 3.07. The first-order valence-electron chi connectivity index (χ1n) is 9.50. The minimum atomic E-state index is -0.167. The fourth-order valence-corrected chi connectivity index (χ4v) is 4.75. The van der Waals surface area contributed by atoms with Crippen LogP contribution in [-0.4, -0.2) is 56.1 Å². The van der Waals surface area contributed by atoms with Crippen molar-refractivity contribution in [3.63, 3.8) is 0 Å². The second kappa shape index (κ2) is 7.00. The van der Waals surface area contributed by atoms with Gasteiger partial charge in [-0.15, -0.1) is 0 Å². The van der Waals surface area contributed by atoms with E-state index in [0.717, 1.165) is 39.6 Å². The van der Waals surface area contributed by atoms with Gasteiger partial charge in [0, 0.05) is 39.4 Å². The van der Waals surface area contributed by atoms with Crippen molar-refractivity contribution in [2.24, 2.45) is 7.05 Å². The molecule has 148 valence electrons. The fraction of sp³-hybridized carbons (Fsp3) is 0.300. The number of piperazine rings is 1. The Morgan fingerprint density at radius 1 is 1.07 bits per heavy atom. The summed E-state index contributed by atoms with van der Waals surface area (Å²) in [5.74, 6) is -0.0333. The van der Waals surface area contributed by atoms with Crippen LogP contribution in [0.15, 0.2) is 47.4 Å². The van der Waals surface area contributed by atoms with Crippen molar-refractivity contribution < 1.29 is 4.79 Å². The van der Waals surface area contributed by atoms with Gasteiger partial charge in [0.05, 0.1) is 11.0 Å². The van der Waals surface area contributed by atoms with Crippen molar-refractivity contribution in [1.29, 1.82) is 0 Å². The van der Waals surface area contributed by atoms with Crippen LogP contribution in [0.4, 0.5) is 5.13 Å². The summed E-state index contributed by atoms with van der Waals surface area (Å²) >= 11 is 1.57. The summed E-state index contributed by atoms with van der Waals surface area (Å²) in [7, 11) is 1.73. The van der Waals surface area contributed by atoms with E-state index in [2.05, 4.69) is 14.9 Å². The highest BCUT2D eigenvalue weighted by Crippen LogP contribution is 2.27. The van der Waals surface area contributed by atoms with E-state index >= 15 is 0 Å². The molecule has 4 aromatic rings. The van der Waals surface area contributed by atoms with Crippen LogP contribution < -0.4 is 10.6 Å². The molecule has 0 unspecified atom stereocenters. The van der Waals surface area contributed by atoms with Crippen LogP contribution in [0.5, 0.6) is 0 Å². The van der Waals surface area contributed by atoms with E-state index in [-0.39, 0.29) is 18.1 Å². The lowest BCUT2D eigenvalue weighted by Gasteiger charge is -2.34. The molecule has 0 atom stereocenters. The molecule has 0 spiro atoms. The predicted octanol–water partition coefficient (Wildman–Crippen LogP) is 1.69. The molecule has 0 bridgehead atoms. The minimum Gasteiger partial charge on any atom is -0.344 e. The summed E-state index contributed by atoms with van der Waals surface area (Å²) < 4.78 is 3.14. The number of aryl methyl sites for hydroxylation is 1. The smallest absolute Gasteiger partial charge is 0.329 e. The zero-order chi connectivity index (χ0) is 20.0. The number of hydrogen-bond acceptors (Lipinski definition) is 6. The third-order valence-corrected chi connectivity index (χ3v) is 6.44. The molecule has 1 aromatic carbocycles. The molecule has 1 aliphatic rings. The number of nitrogens with zero attached hydrogens (tertiary/aromatic N) is 6. The molecule has 3 aromatic heterocycles. The first-order chi connectivity index (χ1) is 14.1. The van der Waals surface area contributed by atoms with E-state index in [0.29, 0.717) is 13.1 Å². The molecule has 4 heterocycles. The predicted molar refractivity (Wildman–Crippen MR) is 113 cm³/mol. The van der Waals surface area contributed by atoms with E-state index < -0.39 is 0 Å². The Hall–Kier alpha value is -3.20. The van der Waals surface area contributed by atoms with Gasteiger partial charge >= 0.3 is 5.69 Å². The number of carbonyl (C=O) groups excluding carboxylic acids is 1. The van der Waals surface area contributed by atoms with E-state index in [1.54, 1.807) is 33.7 Å². The summed E-state index contributed by atoms with van der Waals surface area (Å²) in [4.78, 5) is 39.4. The summed E-state index contributed by atoms with van der Waals surface area (Å²) in [6.07, 6.45) is 1.77. The number of hydrogen-bond donors (Lipinski definition) is 0. The van der Waals surface area contributed by atoms with Gasteiger partial charge in [0.25, 0.3) is 0 Å². The highest BCUT2D eigenvalue weighted by molar-refractivity contribution is 7.21. The van der Waals surface area contributed by atoms with Crippen LogP contribution in [0, 0.1) is 0 Å². The molecule has 29 heavy (non-hydrogen) atoms. The first kappa shape index (κ1) is 17.9. The van der Waals surface area contributed by atoms with Crippen LogP contribution in [0.25, 0.3) is 21.4 Å². The van der Waals surface area contributed by atoms with Crippen molar-refractivity contribution in [3.8, 4) is 0 Å². The van der Waals surface area contributed by atoms with Crippen LogP contribution in [0.1, 0.15) is 0 Å². The van der Waals surface area contributed by atoms with Crippen molar-refractivity contribution in [3.05, 3.63) is 53.1 Å². The SMILES string of the molecule is Cn1c(=O)n(CC(=O)N2CCN(c3nc4cccnc4s3)CC2)c2ccccc21. The molecule has 9 heteroatoms. The normalized spacial score (nSPS) is 14.8. The lowest BCUT2D eigenvalue weighted by molar-refractivity contribution is -0.132. The molecule has 0 N–H and O–H groups in total. The van der Waals surface area contributed by atoms with Crippen molar-refractivity contribution in [2.75, 3.05) is 31.1 Å². The molecule has 1 saturated heterocycles. The molecule has 1 aliphatic heterocycles. The topological polar surface area (TPSA) is 76.3 Å². The first-order valence-corrected chi connectivity index (χ1v) is 10.3. The fourth-order valence-electron chi connectivity index (χ4n) is 3.79. The third-order valence-electron chi connectivity index (χ3n) is 5.40. The molecule has 0 saturated carbocycles. The Bertz CT molecular complexity index is 1230. The largest absolute Gasteiger partial charge is 0.344 e.